The quantitative estimate of drug-likeness (QED) is 0.611. The van der Waals surface area contributed by atoms with Gasteiger partial charge < -0.3 is 4.98 Å². The van der Waals surface area contributed by atoms with E-state index in [0.717, 1.165) is 6.42 Å². The molecule has 0 aliphatic rings. The number of H-pyrrole nitrogens is 1. The van der Waals surface area contributed by atoms with E-state index in [1.165, 1.54) is 54.3 Å². The number of para-hydroxylation sites is 1. The Morgan fingerprint density at radius 1 is 0.810 bits per heavy atom. The highest BCUT2D eigenvalue weighted by molar-refractivity contribution is 5.82. The van der Waals surface area contributed by atoms with Crippen LogP contribution in [0.15, 0.2) is 54.9 Å². The summed E-state index contributed by atoms with van der Waals surface area (Å²) in [6, 6.07) is 14.9. The molecule has 3 rings (SSSR count). The first-order valence-corrected chi connectivity index (χ1v) is 7.88. The van der Waals surface area contributed by atoms with Gasteiger partial charge in [0.25, 0.3) is 0 Å². The lowest BCUT2D eigenvalue weighted by Gasteiger charge is -2.04. The van der Waals surface area contributed by atoms with Gasteiger partial charge in [-0.25, -0.2) is 0 Å². The second-order valence-corrected chi connectivity index (χ2v) is 5.59. The van der Waals surface area contributed by atoms with Gasteiger partial charge in [-0.05, 0) is 54.8 Å². The van der Waals surface area contributed by atoms with Gasteiger partial charge in [-0.3, -0.25) is 4.98 Å². The molecular formula is C19H22N2. The predicted octanol–water partition coefficient (Wildman–Crippen LogP) is 4.91. The Balaban J connectivity index is 1.40. The van der Waals surface area contributed by atoms with Crippen LogP contribution in [0.25, 0.3) is 10.9 Å². The SMILES string of the molecule is c1ccc(CCCCCCc2cccc3cc[nH]c23)nc1. The van der Waals surface area contributed by atoms with Crippen LogP contribution in [0, 0.1) is 0 Å². The number of fused-ring (bicyclic) bond motifs is 1. The average Bonchev–Trinajstić information content (AvgIpc) is 3.01. The molecule has 1 N–H and O–H groups in total. The van der Waals surface area contributed by atoms with E-state index in [1.807, 2.05) is 18.5 Å². The van der Waals surface area contributed by atoms with Crippen LogP contribution < -0.4 is 0 Å². The second kappa shape index (κ2) is 7.07. The van der Waals surface area contributed by atoms with Crippen LogP contribution in [0.1, 0.15) is 36.9 Å². The summed E-state index contributed by atoms with van der Waals surface area (Å²) in [6.07, 6.45) is 11.3. The summed E-state index contributed by atoms with van der Waals surface area (Å²) in [5.74, 6) is 0. The summed E-state index contributed by atoms with van der Waals surface area (Å²) in [7, 11) is 0. The first-order valence-electron chi connectivity index (χ1n) is 7.88. The van der Waals surface area contributed by atoms with Gasteiger partial charge >= 0.3 is 0 Å². The monoisotopic (exact) mass is 278 g/mol. The van der Waals surface area contributed by atoms with Crippen LogP contribution in [0.2, 0.25) is 0 Å². The van der Waals surface area contributed by atoms with Crippen LogP contribution in [0.4, 0.5) is 0 Å². The van der Waals surface area contributed by atoms with Crippen LogP contribution >= 0.6 is 0 Å². The molecule has 0 aliphatic heterocycles. The van der Waals surface area contributed by atoms with Gasteiger partial charge in [-0.15, -0.1) is 0 Å². The molecule has 0 amide bonds. The number of nitrogens with one attached hydrogen (secondary N) is 1. The van der Waals surface area contributed by atoms with Crippen LogP contribution in [-0.4, -0.2) is 9.97 Å². The molecule has 108 valence electrons. The molecule has 0 atom stereocenters. The molecule has 21 heavy (non-hydrogen) atoms. The Morgan fingerprint density at radius 2 is 1.71 bits per heavy atom. The molecule has 3 aromatic rings. The summed E-state index contributed by atoms with van der Waals surface area (Å²) in [5, 5.41) is 1.32. The molecule has 0 fully saturated rings. The van der Waals surface area contributed by atoms with Crippen LogP contribution in [0.5, 0.6) is 0 Å². The number of nitrogens with zero attached hydrogens (tertiary/aromatic N) is 1. The van der Waals surface area contributed by atoms with Crippen molar-refractivity contribution in [3.05, 3.63) is 66.1 Å². The highest BCUT2D eigenvalue weighted by Crippen LogP contribution is 2.19. The molecule has 2 nitrogen and oxygen atoms in total. The highest BCUT2D eigenvalue weighted by Gasteiger charge is 2.01. The second-order valence-electron chi connectivity index (χ2n) is 5.59. The van der Waals surface area contributed by atoms with Gasteiger partial charge in [-0.2, -0.15) is 0 Å². The fourth-order valence-electron chi connectivity index (χ4n) is 2.88. The van der Waals surface area contributed by atoms with Gasteiger partial charge in [0.15, 0.2) is 0 Å². The van der Waals surface area contributed by atoms with Gasteiger partial charge in [0, 0.05) is 23.6 Å². The lowest BCUT2D eigenvalue weighted by Crippen LogP contribution is -1.91. The largest absolute Gasteiger partial charge is 0.361 e. The molecule has 1 aromatic carbocycles. The van der Waals surface area contributed by atoms with Crippen molar-refractivity contribution >= 4 is 10.9 Å². The zero-order valence-electron chi connectivity index (χ0n) is 12.4. The number of aromatic nitrogens is 2. The van der Waals surface area contributed by atoms with E-state index < -0.39 is 0 Å². The van der Waals surface area contributed by atoms with E-state index in [4.69, 9.17) is 0 Å². The lowest BCUT2D eigenvalue weighted by molar-refractivity contribution is 0.637. The third-order valence-corrected chi connectivity index (χ3v) is 4.03. The zero-order chi connectivity index (χ0) is 14.3. The van der Waals surface area contributed by atoms with E-state index in [9.17, 15) is 0 Å². The third-order valence-electron chi connectivity index (χ3n) is 4.03. The molecule has 2 heteroatoms. The minimum Gasteiger partial charge on any atom is -0.361 e. The highest BCUT2D eigenvalue weighted by atomic mass is 14.7. The van der Waals surface area contributed by atoms with Crippen molar-refractivity contribution < 1.29 is 0 Å². The van der Waals surface area contributed by atoms with Gasteiger partial charge in [0.05, 0.1) is 0 Å². The van der Waals surface area contributed by atoms with E-state index >= 15 is 0 Å². The van der Waals surface area contributed by atoms with E-state index in [2.05, 4.69) is 46.4 Å². The zero-order valence-corrected chi connectivity index (χ0v) is 12.4. The predicted molar refractivity (Wildman–Crippen MR) is 88.4 cm³/mol. The maximum Gasteiger partial charge on any atom is 0.0486 e. The Labute approximate surface area is 126 Å². The van der Waals surface area contributed by atoms with Crippen LogP contribution in [-0.2, 0) is 12.8 Å². The van der Waals surface area contributed by atoms with E-state index in [-0.39, 0.29) is 0 Å². The average molecular weight is 278 g/mol. The summed E-state index contributed by atoms with van der Waals surface area (Å²) in [5.41, 5.74) is 3.97. The van der Waals surface area contributed by atoms with E-state index in [1.54, 1.807) is 0 Å². The number of benzene rings is 1. The van der Waals surface area contributed by atoms with Crippen molar-refractivity contribution in [3.63, 3.8) is 0 Å². The molecular weight excluding hydrogens is 256 g/mol. The first-order chi connectivity index (χ1) is 10.4. The van der Waals surface area contributed by atoms with Gasteiger partial charge in [0.2, 0.25) is 0 Å². The normalized spacial score (nSPS) is 11.0. The number of hydrogen-bond acceptors (Lipinski definition) is 1. The number of hydrogen-bond donors (Lipinski definition) is 1. The molecule has 0 saturated carbocycles. The van der Waals surface area contributed by atoms with Crippen molar-refractivity contribution in [3.8, 4) is 0 Å². The Bertz CT molecular complexity index is 670. The minimum atomic E-state index is 1.10. The molecule has 2 heterocycles. The van der Waals surface area contributed by atoms with Crippen molar-refractivity contribution in [2.24, 2.45) is 0 Å². The number of pyridine rings is 1. The molecule has 2 aromatic heterocycles. The van der Waals surface area contributed by atoms with Crippen molar-refractivity contribution in [2.75, 3.05) is 0 Å². The number of rotatable bonds is 7. The molecule has 0 unspecified atom stereocenters. The molecule has 0 bridgehead atoms. The van der Waals surface area contributed by atoms with Crippen molar-refractivity contribution in [2.45, 2.75) is 38.5 Å². The Morgan fingerprint density at radius 3 is 2.57 bits per heavy atom. The molecule has 0 spiro atoms. The number of unbranched alkanes of at least 4 members (excludes halogenated alkanes) is 3. The maximum atomic E-state index is 4.37. The molecule has 0 radical (unpaired) electrons. The minimum absolute atomic E-state index is 1.10. The lowest BCUT2D eigenvalue weighted by atomic mass is 10.0. The standard InChI is InChI=1S/C19H22N2/c1(2-4-11-18-12-5-6-14-20-18)3-8-16-9-7-10-17-13-15-21-19(16)17/h5-7,9-10,12-15,21H,1-4,8,11H2. The topological polar surface area (TPSA) is 28.7 Å². The summed E-state index contributed by atoms with van der Waals surface area (Å²) >= 11 is 0. The van der Waals surface area contributed by atoms with Gasteiger partial charge in [0.1, 0.15) is 0 Å². The van der Waals surface area contributed by atoms with Crippen molar-refractivity contribution in [1.29, 1.82) is 0 Å². The number of aryl methyl sites for hydroxylation is 2. The molecule has 0 saturated heterocycles. The summed E-state index contributed by atoms with van der Waals surface area (Å²) in [6.45, 7) is 0. The maximum absolute atomic E-state index is 4.37. The Kier molecular flexibility index (Phi) is 4.67. The first kappa shape index (κ1) is 13.9. The fourth-order valence-corrected chi connectivity index (χ4v) is 2.88. The smallest absolute Gasteiger partial charge is 0.0486 e. The molecule has 0 aliphatic carbocycles. The van der Waals surface area contributed by atoms with E-state index in [0.29, 0.717) is 0 Å². The summed E-state index contributed by atoms with van der Waals surface area (Å²) < 4.78 is 0. The fraction of sp³-hybridized carbons (Fsp3) is 0.316. The third kappa shape index (κ3) is 3.72. The summed E-state index contributed by atoms with van der Waals surface area (Å²) in [4.78, 5) is 7.72. The van der Waals surface area contributed by atoms with Crippen LogP contribution in [0.3, 0.4) is 0 Å². The number of aromatic amines is 1. The van der Waals surface area contributed by atoms with Crippen molar-refractivity contribution in [1.82, 2.24) is 9.97 Å². The van der Waals surface area contributed by atoms with Gasteiger partial charge in [-0.1, -0.05) is 37.1 Å². The Hall–Kier alpha value is -2.09.